The molecule has 1 aromatic heterocycles. The van der Waals surface area contributed by atoms with Crippen LogP contribution in [-0.4, -0.2) is 27.0 Å². The third-order valence-corrected chi connectivity index (χ3v) is 3.39. The van der Waals surface area contributed by atoms with Gasteiger partial charge in [-0.1, -0.05) is 0 Å². The van der Waals surface area contributed by atoms with Crippen LogP contribution in [0, 0.1) is 0 Å². The molecule has 0 saturated carbocycles. The minimum Gasteiger partial charge on any atom is -0.300 e. The van der Waals surface area contributed by atoms with Crippen molar-refractivity contribution in [1.82, 2.24) is 19.8 Å². The van der Waals surface area contributed by atoms with E-state index in [4.69, 9.17) is 0 Å². The Labute approximate surface area is 114 Å². The number of nitrogens with one attached hydrogen (secondary N) is 2. The highest BCUT2D eigenvalue weighted by atomic mass is 16.2. The van der Waals surface area contributed by atoms with Gasteiger partial charge in [0.25, 0.3) is 5.56 Å². The van der Waals surface area contributed by atoms with E-state index in [1.807, 2.05) is 0 Å². The minimum atomic E-state index is -0.494. The van der Waals surface area contributed by atoms with E-state index in [-0.39, 0.29) is 24.8 Å². The van der Waals surface area contributed by atoms with Crippen molar-refractivity contribution in [2.75, 3.05) is 0 Å². The number of hydrogen-bond acceptors (Lipinski definition) is 5. The Bertz CT molecular complexity index is 673. The first-order chi connectivity index (χ1) is 9.40. The molecule has 1 saturated heterocycles. The van der Waals surface area contributed by atoms with E-state index in [0.29, 0.717) is 12.1 Å². The lowest BCUT2D eigenvalue weighted by molar-refractivity contribution is -0.134. The van der Waals surface area contributed by atoms with E-state index in [2.05, 4.69) is 10.6 Å². The van der Waals surface area contributed by atoms with Crippen LogP contribution < -0.4 is 21.9 Å². The topological polar surface area (TPSA) is 102 Å². The van der Waals surface area contributed by atoms with Crippen molar-refractivity contribution in [3.8, 4) is 0 Å². The summed E-state index contributed by atoms with van der Waals surface area (Å²) >= 11 is 0. The number of hydrogen-bond donors (Lipinski definition) is 2. The molecule has 20 heavy (non-hydrogen) atoms. The Balaban J connectivity index is 2.12. The number of aromatic nitrogens is 2. The molecule has 8 nitrogen and oxygen atoms in total. The lowest BCUT2D eigenvalue weighted by atomic mass is 10.1. The van der Waals surface area contributed by atoms with Crippen LogP contribution in [0.25, 0.3) is 0 Å². The van der Waals surface area contributed by atoms with Gasteiger partial charge in [-0.25, -0.2) is 4.79 Å². The van der Waals surface area contributed by atoms with Crippen molar-refractivity contribution in [1.29, 1.82) is 0 Å². The number of carbonyl (C=O) groups excluding carboxylic acids is 2. The summed E-state index contributed by atoms with van der Waals surface area (Å²) < 4.78 is 2.36. The molecule has 1 unspecified atom stereocenters. The first-order valence-electron chi connectivity index (χ1n) is 6.23. The minimum absolute atomic E-state index is 0.202. The summed E-state index contributed by atoms with van der Waals surface area (Å²) in [6.07, 6.45) is 0.683. The molecule has 1 fully saturated rings. The van der Waals surface area contributed by atoms with Crippen LogP contribution in [0.4, 0.5) is 0 Å². The first-order valence-corrected chi connectivity index (χ1v) is 6.23. The highest BCUT2D eigenvalue weighted by Gasteiger charge is 2.26. The summed E-state index contributed by atoms with van der Waals surface area (Å²) in [5.74, 6) is -0.663. The Hall–Kier alpha value is -2.22. The van der Waals surface area contributed by atoms with Crippen LogP contribution in [0.5, 0.6) is 0 Å². The maximum atomic E-state index is 11.7. The van der Waals surface area contributed by atoms with Crippen LogP contribution in [0.2, 0.25) is 0 Å². The average molecular weight is 280 g/mol. The number of rotatable bonds is 3. The zero-order valence-electron chi connectivity index (χ0n) is 11.3. The smallest absolute Gasteiger partial charge is 0.300 e. The van der Waals surface area contributed by atoms with E-state index in [9.17, 15) is 19.2 Å². The van der Waals surface area contributed by atoms with Gasteiger partial charge in [0.15, 0.2) is 0 Å². The van der Waals surface area contributed by atoms with Gasteiger partial charge < -0.3 is 5.32 Å². The molecule has 8 heteroatoms. The van der Waals surface area contributed by atoms with Crippen LogP contribution in [0.3, 0.4) is 0 Å². The maximum absolute atomic E-state index is 11.7. The summed E-state index contributed by atoms with van der Waals surface area (Å²) in [6.45, 7) is 0.202. The van der Waals surface area contributed by atoms with Gasteiger partial charge >= 0.3 is 5.69 Å². The van der Waals surface area contributed by atoms with Crippen molar-refractivity contribution < 1.29 is 9.59 Å². The van der Waals surface area contributed by atoms with Gasteiger partial charge in [0.2, 0.25) is 11.8 Å². The van der Waals surface area contributed by atoms with E-state index >= 15 is 0 Å². The van der Waals surface area contributed by atoms with Crippen LogP contribution in [0.1, 0.15) is 18.5 Å². The molecule has 108 valence electrons. The largest absolute Gasteiger partial charge is 0.330 e. The zero-order chi connectivity index (χ0) is 14.9. The van der Waals surface area contributed by atoms with Crippen molar-refractivity contribution in [2.45, 2.75) is 25.4 Å². The Morgan fingerprint density at radius 2 is 1.95 bits per heavy atom. The third kappa shape index (κ3) is 2.69. The molecule has 2 amide bonds. The van der Waals surface area contributed by atoms with Crippen LogP contribution >= 0.6 is 0 Å². The number of nitrogens with zero attached hydrogens (tertiary/aromatic N) is 2. The van der Waals surface area contributed by atoms with Crippen molar-refractivity contribution in [3.63, 3.8) is 0 Å². The molecular weight excluding hydrogens is 264 g/mol. The fourth-order valence-corrected chi connectivity index (χ4v) is 2.06. The van der Waals surface area contributed by atoms with Gasteiger partial charge in [-0.05, 0) is 6.42 Å². The number of carbonyl (C=O) groups is 2. The van der Waals surface area contributed by atoms with E-state index in [0.717, 1.165) is 4.57 Å². The molecule has 0 spiro atoms. The highest BCUT2D eigenvalue weighted by Crippen LogP contribution is 2.05. The Morgan fingerprint density at radius 1 is 1.25 bits per heavy atom. The van der Waals surface area contributed by atoms with Gasteiger partial charge in [-0.3, -0.25) is 28.8 Å². The fraction of sp³-hybridized carbons (Fsp3) is 0.500. The van der Waals surface area contributed by atoms with Gasteiger partial charge in [0.05, 0.1) is 6.04 Å². The molecule has 0 radical (unpaired) electrons. The molecule has 0 aliphatic carbocycles. The van der Waals surface area contributed by atoms with Crippen molar-refractivity contribution in [2.24, 2.45) is 14.1 Å². The number of imide groups is 1. The molecule has 1 aromatic rings. The average Bonchev–Trinajstić information content (AvgIpc) is 2.40. The lowest BCUT2D eigenvalue weighted by Crippen LogP contribution is -2.51. The molecule has 1 aliphatic rings. The molecule has 1 aliphatic heterocycles. The molecule has 2 heterocycles. The molecule has 0 aromatic carbocycles. The SMILES string of the molecule is Cn1c(CNC2CCC(=O)NC2=O)cc(=O)n(C)c1=O. The number of piperidine rings is 1. The first kappa shape index (κ1) is 14.2. The third-order valence-electron chi connectivity index (χ3n) is 3.39. The Morgan fingerprint density at radius 3 is 2.60 bits per heavy atom. The maximum Gasteiger partial charge on any atom is 0.330 e. The summed E-state index contributed by atoms with van der Waals surface area (Å²) in [5, 5.41) is 5.19. The second kappa shape index (κ2) is 5.41. The van der Waals surface area contributed by atoms with Gasteiger partial charge in [0, 0.05) is 38.8 Å². The lowest BCUT2D eigenvalue weighted by Gasteiger charge is -2.22. The predicted molar refractivity (Wildman–Crippen MR) is 69.9 cm³/mol. The van der Waals surface area contributed by atoms with Crippen molar-refractivity contribution in [3.05, 3.63) is 32.6 Å². The van der Waals surface area contributed by atoms with E-state index < -0.39 is 17.3 Å². The standard InChI is InChI=1S/C12H16N4O4/c1-15-7(5-10(18)16(2)12(15)20)6-13-8-3-4-9(17)14-11(8)19/h5,8,13H,3-4,6H2,1-2H3,(H,14,17,19). The molecule has 2 N–H and O–H groups in total. The molecular formula is C12H16N4O4. The molecule has 2 rings (SSSR count). The van der Waals surface area contributed by atoms with E-state index in [1.165, 1.54) is 17.7 Å². The molecule has 1 atom stereocenters. The van der Waals surface area contributed by atoms with Crippen molar-refractivity contribution >= 4 is 11.8 Å². The summed E-state index contributed by atoms with van der Waals surface area (Å²) in [4.78, 5) is 45.9. The van der Waals surface area contributed by atoms with Crippen LogP contribution in [-0.2, 0) is 30.2 Å². The summed E-state index contributed by atoms with van der Waals surface area (Å²) in [7, 11) is 2.96. The van der Waals surface area contributed by atoms with Gasteiger partial charge in [-0.2, -0.15) is 0 Å². The summed E-state index contributed by atoms with van der Waals surface area (Å²) in [6, 6.07) is 0.854. The number of amides is 2. The summed E-state index contributed by atoms with van der Waals surface area (Å²) in [5.41, 5.74) is -0.325. The second-order valence-electron chi connectivity index (χ2n) is 4.76. The second-order valence-corrected chi connectivity index (χ2v) is 4.76. The van der Waals surface area contributed by atoms with Gasteiger partial charge in [0.1, 0.15) is 0 Å². The predicted octanol–water partition coefficient (Wildman–Crippen LogP) is -2.02. The Kier molecular flexibility index (Phi) is 3.84. The van der Waals surface area contributed by atoms with Gasteiger partial charge in [-0.15, -0.1) is 0 Å². The van der Waals surface area contributed by atoms with E-state index in [1.54, 1.807) is 7.05 Å². The monoisotopic (exact) mass is 280 g/mol. The normalized spacial score (nSPS) is 19.0. The highest BCUT2D eigenvalue weighted by molar-refractivity contribution is 6.00. The fourth-order valence-electron chi connectivity index (χ4n) is 2.06. The quantitative estimate of drug-likeness (QED) is 0.622. The van der Waals surface area contributed by atoms with Crippen LogP contribution in [0.15, 0.2) is 15.7 Å². The molecule has 0 bridgehead atoms. The zero-order valence-corrected chi connectivity index (χ0v) is 11.3.